The summed E-state index contributed by atoms with van der Waals surface area (Å²) < 4.78 is 7.34. The van der Waals surface area contributed by atoms with Crippen molar-refractivity contribution >= 4 is 36.1 Å². The highest BCUT2D eigenvalue weighted by Crippen LogP contribution is 2.40. The third kappa shape index (κ3) is 3.00. The van der Waals surface area contributed by atoms with E-state index in [-0.39, 0.29) is 11.8 Å². The Balaban J connectivity index is 1.92. The van der Waals surface area contributed by atoms with E-state index in [1.807, 2.05) is 0 Å². The normalized spacial score (nSPS) is 27.8. The van der Waals surface area contributed by atoms with E-state index in [1.54, 1.807) is 0 Å². The van der Waals surface area contributed by atoms with E-state index in [4.69, 9.17) is 16.2 Å². The average Bonchev–Trinajstić information content (AvgIpc) is 2.96. The van der Waals surface area contributed by atoms with Crippen LogP contribution in [0.5, 0.6) is 0 Å². The SMILES string of the molecule is C=P(C)(C)CC[C@H]1OC(n2c(N)nc3c(N)ncnc32)[C@H](O)[C@@H]1O. The lowest BCUT2D eigenvalue weighted by Gasteiger charge is -2.19. The third-order valence-corrected chi connectivity index (χ3v) is 5.61. The van der Waals surface area contributed by atoms with Gasteiger partial charge in [0.1, 0.15) is 18.5 Å². The van der Waals surface area contributed by atoms with Crippen molar-refractivity contribution in [1.82, 2.24) is 19.5 Å². The van der Waals surface area contributed by atoms with Crippen LogP contribution in [-0.4, -0.2) is 73.8 Å². The molecule has 4 atom stereocenters. The van der Waals surface area contributed by atoms with Gasteiger partial charge in [-0.25, -0.2) is 15.0 Å². The number of anilines is 2. The lowest BCUT2D eigenvalue weighted by atomic mass is 10.1. The van der Waals surface area contributed by atoms with Gasteiger partial charge in [-0.2, -0.15) is 0 Å². The Morgan fingerprint density at radius 2 is 2.00 bits per heavy atom. The molecule has 3 heterocycles. The Bertz CT molecular complexity index is 803. The molecule has 1 unspecified atom stereocenters. The fraction of sp³-hybridized carbons (Fsp3) is 0.571. The maximum absolute atomic E-state index is 10.4. The van der Waals surface area contributed by atoms with Crippen molar-refractivity contribution in [2.75, 3.05) is 31.0 Å². The molecule has 3 rings (SSSR count). The number of nitrogen functional groups attached to an aromatic ring is 2. The van der Waals surface area contributed by atoms with Gasteiger partial charge < -0.3 is 26.4 Å². The molecule has 1 aliphatic rings. The van der Waals surface area contributed by atoms with Crippen LogP contribution in [0.3, 0.4) is 0 Å². The zero-order valence-corrected chi connectivity index (χ0v) is 14.6. The molecule has 0 spiro atoms. The van der Waals surface area contributed by atoms with Crippen molar-refractivity contribution in [3.05, 3.63) is 6.33 Å². The molecule has 0 aliphatic carbocycles. The van der Waals surface area contributed by atoms with Crippen molar-refractivity contribution in [3.63, 3.8) is 0 Å². The van der Waals surface area contributed by atoms with E-state index >= 15 is 0 Å². The number of aromatic nitrogens is 4. The van der Waals surface area contributed by atoms with Gasteiger partial charge in [0.05, 0.1) is 6.10 Å². The molecule has 6 N–H and O–H groups in total. The molecule has 1 aliphatic heterocycles. The van der Waals surface area contributed by atoms with Gasteiger partial charge in [-0.05, 0) is 25.9 Å². The van der Waals surface area contributed by atoms with Crippen LogP contribution in [-0.2, 0) is 4.74 Å². The predicted octanol–water partition coefficient (Wildman–Crippen LogP) is -0.291. The van der Waals surface area contributed by atoms with Gasteiger partial charge in [-0.15, -0.1) is 13.2 Å². The lowest BCUT2D eigenvalue weighted by Crippen LogP contribution is -2.32. The topological polar surface area (TPSA) is 145 Å². The average molecular weight is 354 g/mol. The summed E-state index contributed by atoms with van der Waals surface area (Å²) in [5, 5.41) is 20.7. The van der Waals surface area contributed by atoms with Gasteiger partial charge in [-0.3, -0.25) is 4.57 Å². The third-order valence-electron chi connectivity index (χ3n) is 4.14. The Morgan fingerprint density at radius 3 is 2.67 bits per heavy atom. The van der Waals surface area contributed by atoms with Crippen molar-refractivity contribution < 1.29 is 14.9 Å². The van der Waals surface area contributed by atoms with Crippen LogP contribution in [0.25, 0.3) is 11.2 Å². The van der Waals surface area contributed by atoms with E-state index in [2.05, 4.69) is 34.6 Å². The number of aliphatic hydroxyl groups is 2. The molecular formula is C14H23N6O3P. The zero-order valence-electron chi connectivity index (χ0n) is 13.7. The second-order valence-corrected chi connectivity index (χ2v) is 11.1. The Kier molecular flexibility index (Phi) is 4.29. The first-order valence-electron chi connectivity index (χ1n) is 7.62. The van der Waals surface area contributed by atoms with Crippen LogP contribution in [0, 0.1) is 0 Å². The quantitative estimate of drug-likeness (QED) is 0.548. The van der Waals surface area contributed by atoms with E-state index in [0.717, 1.165) is 6.16 Å². The molecule has 0 amide bonds. The largest absolute Gasteiger partial charge is 0.388 e. The van der Waals surface area contributed by atoms with Crippen LogP contribution >= 0.6 is 6.89 Å². The first-order valence-corrected chi connectivity index (χ1v) is 10.7. The second-order valence-electron chi connectivity index (χ2n) is 6.77. The second kappa shape index (κ2) is 6.00. The Labute approximate surface area is 139 Å². The molecular weight excluding hydrogens is 331 g/mol. The van der Waals surface area contributed by atoms with Gasteiger partial charge in [0.2, 0.25) is 5.95 Å². The lowest BCUT2D eigenvalue weighted by molar-refractivity contribution is -0.0340. The van der Waals surface area contributed by atoms with Gasteiger partial charge in [0.15, 0.2) is 23.2 Å². The maximum atomic E-state index is 10.4. The fourth-order valence-corrected chi connectivity index (χ4v) is 3.81. The van der Waals surface area contributed by atoms with Gasteiger partial charge in [0, 0.05) is 0 Å². The van der Waals surface area contributed by atoms with Crippen molar-refractivity contribution in [3.8, 4) is 0 Å². The first kappa shape index (κ1) is 17.2. The minimum Gasteiger partial charge on any atom is -0.388 e. The number of nitrogens with zero attached hydrogens (tertiary/aromatic N) is 4. The summed E-state index contributed by atoms with van der Waals surface area (Å²) in [6.45, 7) is 2.98. The summed E-state index contributed by atoms with van der Waals surface area (Å²) in [6, 6.07) is 0. The predicted molar refractivity (Wildman–Crippen MR) is 95.4 cm³/mol. The van der Waals surface area contributed by atoms with E-state index in [0.29, 0.717) is 17.6 Å². The number of ether oxygens (including phenoxy) is 1. The molecule has 0 bridgehead atoms. The minimum absolute atomic E-state index is 0.0964. The maximum Gasteiger partial charge on any atom is 0.204 e. The number of hydrogen-bond donors (Lipinski definition) is 4. The molecule has 9 nitrogen and oxygen atoms in total. The minimum atomic E-state index is -1.25. The number of imidazole rings is 1. The molecule has 1 saturated heterocycles. The van der Waals surface area contributed by atoms with Crippen molar-refractivity contribution in [2.24, 2.45) is 0 Å². The standard InChI is InChI=1S/C14H23N6O3P/c1-24(2,3)5-4-7-9(21)10(22)13(23-7)20-12-8(19-14(20)16)11(15)17-6-18-12/h6-7,9-10,13,21-22H,1,4-5H2,2-3H3,(H2,16,19)(H2,15,17,18)/t7-,9-,10-,13?/m1/s1. The summed E-state index contributed by atoms with van der Waals surface area (Å²) >= 11 is 0. The summed E-state index contributed by atoms with van der Waals surface area (Å²) in [7, 11) is 0. The van der Waals surface area contributed by atoms with Crippen LogP contribution < -0.4 is 11.5 Å². The Hall–Kier alpha value is -1.67. The number of aliphatic hydroxyl groups excluding tert-OH is 2. The molecule has 0 radical (unpaired) electrons. The monoisotopic (exact) mass is 354 g/mol. The van der Waals surface area contributed by atoms with E-state index in [1.165, 1.54) is 10.9 Å². The molecule has 0 aromatic carbocycles. The van der Waals surface area contributed by atoms with Crippen LogP contribution in [0.2, 0.25) is 0 Å². The number of fused-ring (bicyclic) bond motifs is 1. The number of rotatable bonds is 4. The molecule has 2 aromatic rings. The molecule has 24 heavy (non-hydrogen) atoms. The molecule has 10 heteroatoms. The molecule has 1 fully saturated rings. The number of nitrogens with two attached hydrogens (primary N) is 2. The summed E-state index contributed by atoms with van der Waals surface area (Å²) in [6.07, 6.45) is 3.38. The molecule has 132 valence electrons. The number of hydrogen-bond acceptors (Lipinski definition) is 8. The summed E-state index contributed by atoms with van der Waals surface area (Å²) in [5.41, 5.74) is 12.4. The highest BCUT2D eigenvalue weighted by atomic mass is 31.2. The van der Waals surface area contributed by atoms with Crippen LogP contribution in [0.4, 0.5) is 11.8 Å². The highest BCUT2D eigenvalue weighted by Gasteiger charge is 2.44. The Morgan fingerprint density at radius 1 is 1.29 bits per heavy atom. The van der Waals surface area contributed by atoms with Gasteiger partial charge in [-0.1, -0.05) is 0 Å². The van der Waals surface area contributed by atoms with Gasteiger partial charge in [0.25, 0.3) is 0 Å². The molecule has 0 saturated carbocycles. The fourth-order valence-electron chi connectivity index (χ4n) is 2.85. The van der Waals surface area contributed by atoms with Crippen molar-refractivity contribution in [2.45, 2.75) is 31.0 Å². The van der Waals surface area contributed by atoms with E-state index < -0.39 is 31.4 Å². The highest BCUT2D eigenvalue weighted by molar-refractivity contribution is 7.72. The first-order chi connectivity index (χ1) is 11.2. The summed E-state index contributed by atoms with van der Waals surface area (Å²) in [4.78, 5) is 12.1. The van der Waals surface area contributed by atoms with Crippen LogP contribution in [0.1, 0.15) is 12.6 Å². The smallest absolute Gasteiger partial charge is 0.204 e. The summed E-state index contributed by atoms with van der Waals surface area (Å²) in [5.74, 6) is 0.290. The van der Waals surface area contributed by atoms with E-state index in [9.17, 15) is 10.2 Å². The van der Waals surface area contributed by atoms with Gasteiger partial charge >= 0.3 is 0 Å². The molecule has 2 aromatic heterocycles. The van der Waals surface area contributed by atoms with Crippen molar-refractivity contribution in [1.29, 1.82) is 0 Å². The zero-order chi connectivity index (χ0) is 17.6. The van der Waals surface area contributed by atoms with Crippen LogP contribution in [0.15, 0.2) is 6.33 Å².